The summed E-state index contributed by atoms with van der Waals surface area (Å²) in [5.74, 6) is 1.46. The molecule has 4 nitrogen and oxygen atoms in total. The fraction of sp³-hybridized carbons (Fsp3) is 0.333. The van der Waals surface area contributed by atoms with Gasteiger partial charge in [-0.15, -0.1) is 0 Å². The standard InChI is InChI=1S/C18H21N3O/c1-21(2)18(22)15-10-11-16(19-12-15)20-17(14-8-9-14)13-6-4-3-5-7-13/h3-7,10-12,14,17H,8-9H2,1-2H3,(H,19,20). The van der Waals surface area contributed by atoms with Crippen LogP contribution in [-0.2, 0) is 0 Å². The van der Waals surface area contributed by atoms with Gasteiger partial charge in [-0.25, -0.2) is 4.98 Å². The van der Waals surface area contributed by atoms with E-state index in [-0.39, 0.29) is 5.91 Å². The highest BCUT2D eigenvalue weighted by molar-refractivity contribution is 5.93. The Morgan fingerprint density at radius 1 is 1.18 bits per heavy atom. The van der Waals surface area contributed by atoms with Crippen LogP contribution in [0.1, 0.15) is 34.8 Å². The van der Waals surface area contributed by atoms with Crippen molar-refractivity contribution >= 4 is 11.7 Å². The lowest BCUT2D eigenvalue weighted by atomic mass is 10.0. The lowest BCUT2D eigenvalue weighted by Crippen LogP contribution is -2.22. The Morgan fingerprint density at radius 3 is 2.45 bits per heavy atom. The van der Waals surface area contributed by atoms with E-state index >= 15 is 0 Å². The van der Waals surface area contributed by atoms with E-state index in [1.807, 2.05) is 18.2 Å². The normalized spacial score (nSPS) is 15.2. The number of nitrogens with zero attached hydrogens (tertiary/aromatic N) is 2. The number of aromatic nitrogens is 1. The number of carbonyl (C=O) groups excluding carboxylic acids is 1. The van der Waals surface area contributed by atoms with E-state index < -0.39 is 0 Å². The summed E-state index contributed by atoms with van der Waals surface area (Å²) < 4.78 is 0. The molecule has 1 atom stereocenters. The van der Waals surface area contributed by atoms with E-state index in [0.29, 0.717) is 17.5 Å². The molecule has 1 unspecified atom stereocenters. The van der Waals surface area contributed by atoms with Crippen LogP contribution in [0.2, 0.25) is 0 Å². The molecular formula is C18H21N3O. The van der Waals surface area contributed by atoms with Crippen LogP contribution in [0.4, 0.5) is 5.82 Å². The monoisotopic (exact) mass is 295 g/mol. The lowest BCUT2D eigenvalue weighted by molar-refractivity contribution is 0.0827. The lowest BCUT2D eigenvalue weighted by Gasteiger charge is -2.19. The van der Waals surface area contributed by atoms with Gasteiger partial charge in [0, 0.05) is 20.3 Å². The van der Waals surface area contributed by atoms with Crippen molar-refractivity contribution in [1.29, 1.82) is 0 Å². The molecular weight excluding hydrogens is 274 g/mol. The molecule has 2 aromatic rings. The molecule has 0 bridgehead atoms. The molecule has 1 N–H and O–H groups in total. The van der Waals surface area contributed by atoms with E-state index in [2.05, 4.69) is 34.6 Å². The first-order valence-corrected chi connectivity index (χ1v) is 7.64. The maximum absolute atomic E-state index is 11.9. The predicted molar refractivity (Wildman–Crippen MR) is 87.8 cm³/mol. The zero-order valence-corrected chi connectivity index (χ0v) is 13.0. The van der Waals surface area contributed by atoms with Crippen LogP contribution in [-0.4, -0.2) is 29.9 Å². The second-order valence-corrected chi connectivity index (χ2v) is 6.00. The number of amides is 1. The van der Waals surface area contributed by atoms with Gasteiger partial charge in [0.1, 0.15) is 5.82 Å². The zero-order chi connectivity index (χ0) is 15.5. The van der Waals surface area contributed by atoms with Gasteiger partial charge < -0.3 is 10.2 Å². The van der Waals surface area contributed by atoms with Gasteiger partial charge in [0.15, 0.2) is 0 Å². The van der Waals surface area contributed by atoms with Crippen molar-refractivity contribution < 1.29 is 4.79 Å². The summed E-state index contributed by atoms with van der Waals surface area (Å²) in [4.78, 5) is 17.8. The Morgan fingerprint density at radius 2 is 1.91 bits per heavy atom. The number of hydrogen-bond donors (Lipinski definition) is 1. The molecule has 0 spiro atoms. The summed E-state index contributed by atoms with van der Waals surface area (Å²) in [5, 5.41) is 3.52. The average Bonchev–Trinajstić information content (AvgIpc) is 3.38. The highest BCUT2D eigenvalue weighted by atomic mass is 16.2. The van der Waals surface area contributed by atoms with Gasteiger partial charge in [-0.3, -0.25) is 4.79 Å². The van der Waals surface area contributed by atoms with Crippen molar-refractivity contribution in [2.45, 2.75) is 18.9 Å². The number of benzene rings is 1. The Kier molecular flexibility index (Phi) is 4.09. The van der Waals surface area contributed by atoms with Crippen molar-refractivity contribution in [3.05, 3.63) is 59.8 Å². The SMILES string of the molecule is CN(C)C(=O)c1ccc(NC(c2ccccc2)C2CC2)nc1. The van der Waals surface area contributed by atoms with Gasteiger partial charge in [-0.05, 0) is 36.5 Å². The molecule has 0 aliphatic heterocycles. The predicted octanol–water partition coefficient (Wildman–Crippen LogP) is 3.35. The number of rotatable bonds is 5. The number of carbonyl (C=O) groups is 1. The molecule has 22 heavy (non-hydrogen) atoms. The summed E-state index contributed by atoms with van der Waals surface area (Å²) in [6.07, 6.45) is 4.15. The van der Waals surface area contributed by atoms with Crippen LogP contribution in [0.5, 0.6) is 0 Å². The van der Waals surface area contributed by atoms with Crippen LogP contribution >= 0.6 is 0 Å². The average molecular weight is 295 g/mol. The molecule has 1 aliphatic rings. The van der Waals surface area contributed by atoms with Crippen LogP contribution in [0.25, 0.3) is 0 Å². The summed E-state index contributed by atoms with van der Waals surface area (Å²) in [6.45, 7) is 0. The van der Waals surface area contributed by atoms with Gasteiger partial charge in [0.25, 0.3) is 5.91 Å². The molecule has 114 valence electrons. The maximum Gasteiger partial charge on any atom is 0.254 e. The minimum Gasteiger partial charge on any atom is -0.363 e. The minimum absolute atomic E-state index is 0.0270. The number of hydrogen-bond acceptors (Lipinski definition) is 3. The van der Waals surface area contributed by atoms with E-state index in [9.17, 15) is 4.79 Å². The highest BCUT2D eigenvalue weighted by Crippen LogP contribution is 2.42. The second kappa shape index (κ2) is 6.18. The summed E-state index contributed by atoms with van der Waals surface area (Å²) in [7, 11) is 3.49. The third-order valence-corrected chi connectivity index (χ3v) is 3.97. The van der Waals surface area contributed by atoms with Crippen LogP contribution < -0.4 is 5.32 Å². The Bertz CT molecular complexity index is 633. The van der Waals surface area contributed by atoms with E-state index in [1.54, 1.807) is 25.2 Å². The highest BCUT2D eigenvalue weighted by Gasteiger charge is 2.32. The fourth-order valence-electron chi connectivity index (χ4n) is 2.59. The van der Waals surface area contributed by atoms with Crippen LogP contribution in [0, 0.1) is 5.92 Å². The largest absolute Gasteiger partial charge is 0.363 e. The Labute approximate surface area is 131 Å². The molecule has 0 radical (unpaired) electrons. The second-order valence-electron chi connectivity index (χ2n) is 6.00. The molecule has 1 heterocycles. The quantitative estimate of drug-likeness (QED) is 0.920. The van der Waals surface area contributed by atoms with Gasteiger partial charge in [-0.2, -0.15) is 0 Å². The molecule has 3 rings (SSSR count). The van der Waals surface area contributed by atoms with Crippen molar-refractivity contribution in [3.63, 3.8) is 0 Å². The Balaban J connectivity index is 1.75. The molecule has 1 saturated carbocycles. The molecule has 4 heteroatoms. The number of nitrogens with one attached hydrogen (secondary N) is 1. The number of pyridine rings is 1. The summed E-state index contributed by atoms with van der Waals surface area (Å²) in [6, 6.07) is 14.5. The number of anilines is 1. The van der Waals surface area contributed by atoms with Gasteiger partial charge in [0.05, 0.1) is 11.6 Å². The molecule has 1 aromatic heterocycles. The topological polar surface area (TPSA) is 45.2 Å². The van der Waals surface area contributed by atoms with Crippen LogP contribution in [0.15, 0.2) is 48.7 Å². The third-order valence-electron chi connectivity index (χ3n) is 3.97. The maximum atomic E-state index is 11.9. The fourth-order valence-corrected chi connectivity index (χ4v) is 2.59. The first-order chi connectivity index (χ1) is 10.6. The Hall–Kier alpha value is -2.36. The van der Waals surface area contributed by atoms with E-state index in [0.717, 1.165) is 5.82 Å². The molecule has 1 aromatic carbocycles. The van der Waals surface area contributed by atoms with E-state index in [1.165, 1.54) is 18.4 Å². The first-order valence-electron chi connectivity index (χ1n) is 7.64. The third kappa shape index (κ3) is 3.27. The minimum atomic E-state index is -0.0270. The smallest absolute Gasteiger partial charge is 0.254 e. The summed E-state index contributed by atoms with van der Waals surface area (Å²) >= 11 is 0. The van der Waals surface area contributed by atoms with Gasteiger partial charge in [-0.1, -0.05) is 30.3 Å². The molecule has 0 saturated heterocycles. The molecule has 1 amide bonds. The van der Waals surface area contributed by atoms with Crippen molar-refractivity contribution in [2.75, 3.05) is 19.4 Å². The van der Waals surface area contributed by atoms with Gasteiger partial charge >= 0.3 is 0 Å². The summed E-state index contributed by atoms with van der Waals surface area (Å²) in [5.41, 5.74) is 1.90. The van der Waals surface area contributed by atoms with Crippen molar-refractivity contribution in [3.8, 4) is 0 Å². The zero-order valence-electron chi connectivity index (χ0n) is 13.0. The first kappa shape index (κ1) is 14.6. The van der Waals surface area contributed by atoms with Crippen molar-refractivity contribution in [1.82, 2.24) is 9.88 Å². The molecule has 1 fully saturated rings. The van der Waals surface area contributed by atoms with E-state index in [4.69, 9.17) is 0 Å². The van der Waals surface area contributed by atoms with Crippen molar-refractivity contribution in [2.24, 2.45) is 5.92 Å². The van der Waals surface area contributed by atoms with Crippen LogP contribution in [0.3, 0.4) is 0 Å². The molecule has 1 aliphatic carbocycles. The van der Waals surface area contributed by atoms with Gasteiger partial charge in [0.2, 0.25) is 0 Å².